The van der Waals surface area contributed by atoms with E-state index in [0.717, 1.165) is 17.9 Å². The second-order valence-corrected chi connectivity index (χ2v) is 3.64. The fraction of sp³-hybridized carbons (Fsp3) is 1.00. The van der Waals surface area contributed by atoms with Gasteiger partial charge in [-0.05, 0) is 44.6 Å². The fourth-order valence-corrected chi connectivity index (χ4v) is 1.90. The summed E-state index contributed by atoms with van der Waals surface area (Å²) < 4.78 is 0. The molecule has 0 spiro atoms. The molecular formula is C8H15N. The van der Waals surface area contributed by atoms with Gasteiger partial charge < -0.3 is 5.32 Å². The maximum absolute atomic E-state index is 3.49. The SMILES string of the molecule is CC1CC(C2CC2)CN1. The Morgan fingerprint density at radius 1 is 1.22 bits per heavy atom. The maximum Gasteiger partial charge on any atom is 0.00420 e. The van der Waals surface area contributed by atoms with E-state index in [-0.39, 0.29) is 0 Å². The van der Waals surface area contributed by atoms with Crippen LogP contribution in [0.4, 0.5) is 0 Å². The Bertz CT molecular complexity index is 107. The summed E-state index contributed by atoms with van der Waals surface area (Å²) in [5.74, 6) is 2.16. The Hall–Kier alpha value is -0.0400. The molecule has 0 amide bonds. The molecule has 2 aliphatic rings. The molecule has 1 aliphatic carbocycles. The molecule has 2 unspecified atom stereocenters. The van der Waals surface area contributed by atoms with Gasteiger partial charge in [-0.2, -0.15) is 0 Å². The molecule has 0 radical (unpaired) electrons. The lowest BCUT2D eigenvalue weighted by Crippen LogP contribution is -2.16. The molecule has 1 saturated heterocycles. The fourth-order valence-electron chi connectivity index (χ4n) is 1.90. The minimum atomic E-state index is 0.801. The number of rotatable bonds is 1. The van der Waals surface area contributed by atoms with Crippen LogP contribution in [-0.2, 0) is 0 Å². The van der Waals surface area contributed by atoms with Crippen molar-refractivity contribution in [3.05, 3.63) is 0 Å². The van der Waals surface area contributed by atoms with Gasteiger partial charge in [0.25, 0.3) is 0 Å². The van der Waals surface area contributed by atoms with Crippen LogP contribution in [-0.4, -0.2) is 12.6 Å². The lowest BCUT2D eigenvalue weighted by atomic mass is 10.0. The van der Waals surface area contributed by atoms with Gasteiger partial charge >= 0.3 is 0 Å². The summed E-state index contributed by atoms with van der Waals surface area (Å²) >= 11 is 0. The second-order valence-electron chi connectivity index (χ2n) is 3.64. The zero-order chi connectivity index (χ0) is 6.27. The summed E-state index contributed by atoms with van der Waals surface area (Å²) in [4.78, 5) is 0. The summed E-state index contributed by atoms with van der Waals surface area (Å²) in [5.41, 5.74) is 0. The molecule has 1 nitrogen and oxygen atoms in total. The average Bonchev–Trinajstić information content (AvgIpc) is 2.58. The summed E-state index contributed by atoms with van der Waals surface area (Å²) in [6.07, 6.45) is 4.46. The Kier molecular flexibility index (Phi) is 1.26. The van der Waals surface area contributed by atoms with Crippen LogP contribution in [0.15, 0.2) is 0 Å². The largest absolute Gasteiger partial charge is 0.314 e. The third-order valence-corrected chi connectivity index (χ3v) is 2.67. The minimum Gasteiger partial charge on any atom is -0.314 e. The second kappa shape index (κ2) is 1.98. The molecule has 1 saturated carbocycles. The van der Waals surface area contributed by atoms with E-state index in [1.54, 1.807) is 0 Å². The van der Waals surface area contributed by atoms with E-state index >= 15 is 0 Å². The van der Waals surface area contributed by atoms with Gasteiger partial charge in [0.2, 0.25) is 0 Å². The van der Waals surface area contributed by atoms with Crippen molar-refractivity contribution in [1.82, 2.24) is 5.32 Å². The third-order valence-electron chi connectivity index (χ3n) is 2.67. The highest BCUT2D eigenvalue weighted by molar-refractivity contribution is 4.89. The van der Waals surface area contributed by atoms with Crippen LogP contribution in [0.3, 0.4) is 0 Å². The van der Waals surface area contributed by atoms with Crippen molar-refractivity contribution in [2.45, 2.75) is 32.2 Å². The Morgan fingerprint density at radius 3 is 2.44 bits per heavy atom. The van der Waals surface area contributed by atoms with Gasteiger partial charge in [0, 0.05) is 6.04 Å². The molecule has 2 fully saturated rings. The van der Waals surface area contributed by atoms with Gasteiger partial charge in [0.1, 0.15) is 0 Å². The van der Waals surface area contributed by atoms with Gasteiger partial charge in [-0.1, -0.05) is 0 Å². The molecular weight excluding hydrogens is 110 g/mol. The highest BCUT2D eigenvalue weighted by Crippen LogP contribution is 2.40. The Morgan fingerprint density at radius 2 is 2.00 bits per heavy atom. The van der Waals surface area contributed by atoms with Gasteiger partial charge in [0.05, 0.1) is 0 Å². The van der Waals surface area contributed by atoms with Crippen molar-refractivity contribution in [3.63, 3.8) is 0 Å². The molecule has 2 rings (SSSR count). The number of nitrogens with one attached hydrogen (secondary N) is 1. The number of hydrogen-bond acceptors (Lipinski definition) is 1. The predicted octanol–water partition coefficient (Wildman–Crippen LogP) is 1.39. The normalized spacial score (nSPS) is 43.7. The summed E-state index contributed by atoms with van der Waals surface area (Å²) in [6, 6.07) is 0.801. The zero-order valence-electron chi connectivity index (χ0n) is 6.06. The highest BCUT2D eigenvalue weighted by Gasteiger charge is 2.34. The Labute approximate surface area is 56.8 Å². The van der Waals surface area contributed by atoms with Crippen molar-refractivity contribution in [1.29, 1.82) is 0 Å². The van der Waals surface area contributed by atoms with E-state index < -0.39 is 0 Å². The van der Waals surface area contributed by atoms with Crippen LogP contribution in [0.5, 0.6) is 0 Å². The molecule has 0 aromatic carbocycles. The van der Waals surface area contributed by atoms with E-state index in [2.05, 4.69) is 12.2 Å². The van der Waals surface area contributed by atoms with E-state index in [9.17, 15) is 0 Å². The minimum absolute atomic E-state index is 0.801. The van der Waals surface area contributed by atoms with Crippen molar-refractivity contribution in [2.24, 2.45) is 11.8 Å². The predicted molar refractivity (Wildman–Crippen MR) is 38.3 cm³/mol. The summed E-state index contributed by atoms with van der Waals surface area (Å²) in [7, 11) is 0. The molecule has 0 aromatic rings. The van der Waals surface area contributed by atoms with Gasteiger partial charge in [-0.25, -0.2) is 0 Å². The standard InChI is InChI=1S/C8H15N/c1-6-4-8(5-9-6)7-2-3-7/h6-9H,2-5H2,1H3. The molecule has 1 heterocycles. The lowest BCUT2D eigenvalue weighted by Gasteiger charge is -2.03. The first-order chi connectivity index (χ1) is 4.36. The van der Waals surface area contributed by atoms with Crippen LogP contribution in [0.1, 0.15) is 26.2 Å². The number of hydrogen-bond donors (Lipinski definition) is 1. The molecule has 52 valence electrons. The summed E-state index contributed by atoms with van der Waals surface area (Å²) in [6.45, 7) is 3.59. The van der Waals surface area contributed by atoms with Gasteiger partial charge in [0.15, 0.2) is 0 Å². The molecule has 2 atom stereocenters. The lowest BCUT2D eigenvalue weighted by molar-refractivity contribution is 0.499. The van der Waals surface area contributed by atoms with Crippen LogP contribution in [0.2, 0.25) is 0 Å². The van der Waals surface area contributed by atoms with E-state index in [1.807, 2.05) is 0 Å². The van der Waals surface area contributed by atoms with Crippen molar-refractivity contribution < 1.29 is 0 Å². The van der Waals surface area contributed by atoms with Gasteiger partial charge in [-0.15, -0.1) is 0 Å². The quantitative estimate of drug-likeness (QED) is 0.558. The first kappa shape index (κ1) is 5.72. The molecule has 0 aromatic heterocycles. The zero-order valence-corrected chi connectivity index (χ0v) is 6.06. The summed E-state index contributed by atoms with van der Waals surface area (Å²) in [5, 5.41) is 3.49. The van der Waals surface area contributed by atoms with Gasteiger partial charge in [-0.3, -0.25) is 0 Å². The molecule has 1 aliphatic heterocycles. The van der Waals surface area contributed by atoms with E-state index in [4.69, 9.17) is 0 Å². The first-order valence-corrected chi connectivity index (χ1v) is 4.09. The topological polar surface area (TPSA) is 12.0 Å². The molecule has 1 heteroatoms. The Balaban J connectivity index is 1.86. The van der Waals surface area contributed by atoms with Crippen molar-refractivity contribution in [3.8, 4) is 0 Å². The van der Waals surface area contributed by atoms with Crippen LogP contribution in [0, 0.1) is 11.8 Å². The van der Waals surface area contributed by atoms with E-state index in [1.165, 1.54) is 25.8 Å². The average molecular weight is 125 g/mol. The van der Waals surface area contributed by atoms with Crippen LogP contribution >= 0.6 is 0 Å². The molecule has 9 heavy (non-hydrogen) atoms. The molecule has 0 bridgehead atoms. The molecule has 1 N–H and O–H groups in total. The van der Waals surface area contributed by atoms with Crippen molar-refractivity contribution >= 4 is 0 Å². The van der Waals surface area contributed by atoms with Crippen molar-refractivity contribution in [2.75, 3.05) is 6.54 Å². The maximum atomic E-state index is 3.49. The highest BCUT2D eigenvalue weighted by atomic mass is 14.9. The third kappa shape index (κ3) is 1.11. The van der Waals surface area contributed by atoms with E-state index in [0.29, 0.717) is 0 Å². The van der Waals surface area contributed by atoms with Crippen LogP contribution < -0.4 is 5.32 Å². The smallest absolute Gasteiger partial charge is 0.00420 e. The first-order valence-electron chi connectivity index (χ1n) is 4.09. The monoisotopic (exact) mass is 125 g/mol. The van der Waals surface area contributed by atoms with Crippen LogP contribution in [0.25, 0.3) is 0 Å².